The minimum Gasteiger partial charge on any atom is -0.355 e. The van der Waals surface area contributed by atoms with Gasteiger partial charge in [-0.25, -0.2) is 0 Å². The molecule has 0 aliphatic heterocycles. The Morgan fingerprint density at radius 1 is 1.19 bits per heavy atom. The normalized spacial score (nSPS) is 15.5. The van der Waals surface area contributed by atoms with Crippen LogP contribution in [-0.4, -0.2) is 9.85 Å². The molecule has 0 atom stereocenters. The lowest BCUT2D eigenvalue weighted by atomic mass is 10.0. The highest BCUT2D eigenvalue weighted by Crippen LogP contribution is 2.23. The molecule has 1 heterocycles. The summed E-state index contributed by atoms with van der Waals surface area (Å²) < 4.78 is 0. The molecule has 0 saturated carbocycles. The summed E-state index contributed by atoms with van der Waals surface area (Å²) in [5.74, 6) is 0. The van der Waals surface area contributed by atoms with Crippen molar-refractivity contribution in [2.45, 2.75) is 6.42 Å². The van der Waals surface area contributed by atoms with Crippen molar-refractivity contribution >= 4 is 33.6 Å². The number of nitrogens with one attached hydrogen (secondary N) is 1. The Hall–Kier alpha value is -1.67. The van der Waals surface area contributed by atoms with E-state index in [1.54, 1.807) is 0 Å². The highest BCUT2D eigenvalue weighted by Gasteiger charge is 2.06. The molecule has 1 aliphatic rings. The maximum absolute atomic E-state index is 5.22. The van der Waals surface area contributed by atoms with E-state index in [2.05, 4.69) is 47.5 Å². The molecule has 0 saturated heterocycles. The van der Waals surface area contributed by atoms with Crippen LogP contribution in [0.3, 0.4) is 0 Å². The number of hydrogen-bond acceptors (Lipinski definition) is 1. The molecular formula is C14H11NS. The highest BCUT2D eigenvalue weighted by atomic mass is 32.1. The van der Waals surface area contributed by atoms with Gasteiger partial charge in [-0.2, -0.15) is 0 Å². The molecule has 0 amide bonds. The first kappa shape index (κ1) is 9.55. The smallest absolute Gasteiger partial charge is 0.0465 e. The first-order chi connectivity index (χ1) is 7.83. The number of thiocarbonyl (C=S) groups is 1. The number of H-pyrrole nitrogens is 1. The van der Waals surface area contributed by atoms with Crippen molar-refractivity contribution in [3.8, 4) is 0 Å². The summed E-state index contributed by atoms with van der Waals surface area (Å²) in [4.78, 5) is 4.40. The molecule has 0 radical (unpaired) electrons. The molecule has 1 aliphatic carbocycles. The predicted molar refractivity (Wildman–Crippen MR) is 72.6 cm³/mol. The standard InChI is InChI=1S/C14H11NS/c16-12-6-3-5-10(8-12)14-9-11-4-1-2-7-13(11)15-14/h1-5,7-9,15H,6H2. The summed E-state index contributed by atoms with van der Waals surface area (Å²) in [7, 11) is 0. The Morgan fingerprint density at radius 3 is 2.88 bits per heavy atom. The van der Waals surface area contributed by atoms with Crippen molar-refractivity contribution < 1.29 is 0 Å². The van der Waals surface area contributed by atoms with Crippen LogP contribution in [0.15, 0.2) is 48.6 Å². The van der Waals surface area contributed by atoms with E-state index in [0.29, 0.717) is 0 Å². The maximum Gasteiger partial charge on any atom is 0.0465 e. The van der Waals surface area contributed by atoms with Gasteiger partial charge >= 0.3 is 0 Å². The van der Waals surface area contributed by atoms with E-state index in [1.165, 1.54) is 16.5 Å². The first-order valence-electron chi connectivity index (χ1n) is 5.32. The fourth-order valence-electron chi connectivity index (χ4n) is 1.98. The number of rotatable bonds is 1. The second-order valence-electron chi connectivity index (χ2n) is 3.94. The Kier molecular flexibility index (Phi) is 2.22. The van der Waals surface area contributed by atoms with Crippen LogP contribution in [0.4, 0.5) is 0 Å². The number of aromatic nitrogens is 1. The molecule has 2 aromatic rings. The SMILES string of the molecule is S=C1C=C(c2cc3ccccc3[nH]2)C=CC1. The van der Waals surface area contributed by atoms with Crippen LogP contribution in [0.25, 0.3) is 16.5 Å². The van der Waals surface area contributed by atoms with Crippen LogP contribution in [0.1, 0.15) is 12.1 Å². The van der Waals surface area contributed by atoms with Crippen molar-refractivity contribution in [3.63, 3.8) is 0 Å². The zero-order valence-corrected chi connectivity index (χ0v) is 9.55. The lowest BCUT2D eigenvalue weighted by Crippen LogP contribution is -1.94. The number of benzene rings is 1. The molecule has 1 aromatic carbocycles. The molecule has 0 unspecified atom stereocenters. The average molecular weight is 225 g/mol. The quantitative estimate of drug-likeness (QED) is 0.728. The molecule has 1 aromatic heterocycles. The van der Waals surface area contributed by atoms with Gasteiger partial charge in [0.15, 0.2) is 0 Å². The summed E-state index contributed by atoms with van der Waals surface area (Å²) in [6.07, 6.45) is 7.20. The van der Waals surface area contributed by atoms with Crippen LogP contribution >= 0.6 is 12.2 Å². The Balaban J connectivity index is 2.12. The van der Waals surface area contributed by atoms with E-state index >= 15 is 0 Å². The van der Waals surface area contributed by atoms with E-state index < -0.39 is 0 Å². The van der Waals surface area contributed by atoms with E-state index in [4.69, 9.17) is 12.2 Å². The van der Waals surface area contributed by atoms with Crippen LogP contribution in [0, 0.1) is 0 Å². The lowest BCUT2D eigenvalue weighted by Gasteiger charge is -2.05. The molecule has 78 valence electrons. The molecule has 0 bridgehead atoms. The van der Waals surface area contributed by atoms with Gasteiger partial charge in [0, 0.05) is 27.9 Å². The molecule has 1 nitrogen and oxygen atoms in total. The predicted octanol–water partition coefficient (Wildman–Crippen LogP) is 3.88. The zero-order chi connectivity index (χ0) is 11.0. The molecule has 16 heavy (non-hydrogen) atoms. The second-order valence-corrected chi connectivity index (χ2v) is 4.47. The third kappa shape index (κ3) is 1.61. The summed E-state index contributed by atoms with van der Waals surface area (Å²) in [5.41, 5.74) is 3.48. The van der Waals surface area contributed by atoms with Crippen molar-refractivity contribution in [2.24, 2.45) is 0 Å². The summed E-state index contributed by atoms with van der Waals surface area (Å²) >= 11 is 5.22. The highest BCUT2D eigenvalue weighted by molar-refractivity contribution is 7.80. The first-order valence-corrected chi connectivity index (χ1v) is 5.73. The summed E-state index contributed by atoms with van der Waals surface area (Å²) in [6, 6.07) is 10.5. The second kappa shape index (κ2) is 3.72. The average Bonchev–Trinajstić information content (AvgIpc) is 2.72. The van der Waals surface area contributed by atoms with Crippen LogP contribution in [-0.2, 0) is 0 Å². The molecule has 3 rings (SSSR count). The van der Waals surface area contributed by atoms with Gasteiger partial charge < -0.3 is 4.98 Å². The van der Waals surface area contributed by atoms with Gasteiger partial charge in [-0.1, -0.05) is 42.6 Å². The van der Waals surface area contributed by atoms with E-state index in [1.807, 2.05) is 6.07 Å². The van der Waals surface area contributed by atoms with E-state index in [0.717, 1.165) is 17.0 Å². The Bertz CT molecular complexity index is 583. The fourth-order valence-corrected chi connectivity index (χ4v) is 2.20. The minimum atomic E-state index is 0.888. The van der Waals surface area contributed by atoms with Gasteiger partial charge in [0.25, 0.3) is 0 Å². The topological polar surface area (TPSA) is 15.8 Å². The van der Waals surface area contributed by atoms with Crippen LogP contribution in [0.5, 0.6) is 0 Å². The van der Waals surface area contributed by atoms with Crippen molar-refractivity contribution in [1.82, 2.24) is 4.98 Å². The van der Waals surface area contributed by atoms with E-state index in [-0.39, 0.29) is 0 Å². The molecule has 2 heteroatoms. The molecule has 0 spiro atoms. The number of aromatic amines is 1. The third-order valence-electron chi connectivity index (χ3n) is 2.77. The summed E-state index contributed by atoms with van der Waals surface area (Å²) in [5, 5.41) is 1.24. The monoisotopic (exact) mass is 225 g/mol. The third-order valence-corrected chi connectivity index (χ3v) is 3.06. The number of hydrogen-bond donors (Lipinski definition) is 1. The van der Waals surface area contributed by atoms with Gasteiger partial charge in [-0.15, -0.1) is 0 Å². The van der Waals surface area contributed by atoms with Crippen LogP contribution in [0.2, 0.25) is 0 Å². The Labute approximate surface area is 99.5 Å². The van der Waals surface area contributed by atoms with Gasteiger partial charge in [0.2, 0.25) is 0 Å². The largest absolute Gasteiger partial charge is 0.355 e. The molecular weight excluding hydrogens is 214 g/mol. The van der Waals surface area contributed by atoms with Crippen molar-refractivity contribution in [1.29, 1.82) is 0 Å². The number of fused-ring (bicyclic) bond motifs is 1. The zero-order valence-electron chi connectivity index (χ0n) is 8.73. The summed E-state index contributed by atoms with van der Waals surface area (Å²) in [6.45, 7) is 0. The van der Waals surface area contributed by atoms with Crippen molar-refractivity contribution in [3.05, 3.63) is 54.3 Å². The Morgan fingerprint density at radius 2 is 2.06 bits per heavy atom. The van der Waals surface area contributed by atoms with E-state index in [9.17, 15) is 0 Å². The lowest BCUT2D eigenvalue weighted by molar-refractivity contribution is 1.39. The molecule has 0 fully saturated rings. The van der Waals surface area contributed by atoms with Gasteiger partial charge in [0.05, 0.1) is 0 Å². The number of para-hydroxylation sites is 1. The minimum absolute atomic E-state index is 0.888. The van der Waals surface area contributed by atoms with Gasteiger partial charge in [-0.3, -0.25) is 0 Å². The van der Waals surface area contributed by atoms with Crippen LogP contribution < -0.4 is 0 Å². The van der Waals surface area contributed by atoms with Gasteiger partial charge in [0.1, 0.15) is 0 Å². The van der Waals surface area contributed by atoms with Gasteiger partial charge in [-0.05, 0) is 23.8 Å². The van der Waals surface area contributed by atoms with Crippen molar-refractivity contribution in [2.75, 3.05) is 0 Å². The maximum atomic E-state index is 5.22. The fraction of sp³-hybridized carbons (Fsp3) is 0.0714. The molecule has 1 N–H and O–H groups in total. The number of allylic oxidation sites excluding steroid dienone is 4.